The van der Waals surface area contributed by atoms with Crippen molar-refractivity contribution in [1.82, 2.24) is 4.90 Å². The fraction of sp³-hybridized carbons (Fsp3) is 0.308. The molecule has 34 heavy (non-hydrogen) atoms. The zero-order valence-electron chi connectivity index (χ0n) is 19.5. The maximum absolute atomic E-state index is 13.6. The molecule has 0 radical (unpaired) electrons. The summed E-state index contributed by atoms with van der Waals surface area (Å²) in [6.07, 6.45) is 1.70. The third-order valence-corrected chi connectivity index (χ3v) is 6.22. The van der Waals surface area contributed by atoms with Crippen molar-refractivity contribution >= 4 is 23.3 Å². The van der Waals surface area contributed by atoms with Crippen molar-refractivity contribution in [2.45, 2.75) is 25.6 Å². The van der Waals surface area contributed by atoms with Crippen LogP contribution in [0.3, 0.4) is 0 Å². The summed E-state index contributed by atoms with van der Waals surface area (Å²) in [7, 11) is 3.13. The van der Waals surface area contributed by atoms with E-state index in [2.05, 4.69) is 6.58 Å². The van der Waals surface area contributed by atoms with E-state index in [9.17, 15) is 14.7 Å². The predicted molar refractivity (Wildman–Crippen MR) is 128 cm³/mol. The average Bonchev–Trinajstić information content (AvgIpc) is 2.94. The van der Waals surface area contributed by atoms with Crippen molar-refractivity contribution in [2.24, 2.45) is 0 Å². The summed E-state index contributed by atoms with van der Waals surface area (Å²) >= 11 is 0. The molecule has 2 atom stereocenters. The number of carbonyl (C=O) groups excluding carboxylic acids is 2. The lowest BCUT2D eigenvalue weighted by Gasteiger charge is -2.38. The van der Waals surface area contributed by atoms with Crippen molar-refractivity contribution in [1.29, 1.82) is 0 Å². The lowest BCUT2D eigenvalue weighted by atomic mass is 9.92. The Hall–Kier alpha value is -3.78. The zero-order valence-corrected chi connectivity index (χ0v) is 19.5. The summed E-state index contributed by atoms with van der Waals surface area (Å²) in [5.41, 5.74) is 3.20. The molecule has 0 aliphatic carbocycles. The highest BCUT2D eigenvalue weighted by molar-refractivity contribution is 6.06. The van der Waals surface area contributed by atoms with E-state index in [1.54, 1.807) is 24.1 Å². The van der Waals surface area contributed by atoms with E-state index in [1.165, 1.54) is 13.2 Å². The number of carbonyl (C=O) groups is 2. The molecule has 0 bridgehead atoms. The van der Waals surface area contributed by atoms with Crippen LogP contribution in [0.4, 0.5) is 10.5 Å². The molecule has 1 N–H and O–H groups in total. The molecule has 0 saturated heterocycles. The lowest BCUT2D eigenvalue weighted by molar-refractivity contribution is 0.0397. The number of methoxy groups -OCH3 is 2. The van der Waals surface area contributed by atoms with Crippen LogP contribution >= 0.6 is 0 Å². The number of rotatable bonds is 5. The number of amides is 2. The van der Waals surface area contributed by atoms with Crippen molar-refractivity contribution < 1.29 is 28.9 Å². The molecule has 2 aromatic carbocycles. The van der Waals surface area contributed by atoms with Gasteiger partial charge in [0.15, 0.2) is 6.23 Å². The molecule has 8 heteroatoms. The number of benzene rings is 2. The molecule has 178 valence electrons. The molecule has 2 aliphatic rings. The summed E-state index contributed by atoms with van der Waals surface area (Å²) in [6, 6.07) is 10.2. The number of aryl methyl sites for hydroxylation is 1. The molecule has 2 aromatic rings. The van der Waals surface area contributed by atoms with Gasteiger partial charge >= 0.3 is 6.09 Å². The molecule has 2 heterocycles. The molecule has 4 rings (SSSR count). The first kappa shape index (κ1) is 23.4. The van der Waals surface area contributed by atoms with Crippen molar-refractivity contribution in [3.05, 3.63) is 71.8 Å². The van der Waals surface area contributed by atoms with Gasteiger partial charge in [-0.2, -0.15) is 0 Å². The fourth-order valence-electron chi connectivity index (χ4n) is 4.44. The molecule has 0 saturated carbocycles. The minimum absolute atomic E-state index is 0.0220. The normalized spacial score (nSPS) is 19.4. The van der Waals surface area contributed by atoms with Crippen LogP contribution < -0.4 is 14.4 Å². The Kier molecular flexibility index (Phi) is 6.61. The smallest absolute Gasteiger partial charge is 0.416 e. The van der Waals surface area contributed by atoms with E-state index in [1.807, 2.05) is 37.3 Å². The van der Waals surface area contributed by atoms with E-state index in [0.717, 1.165) is 27.3 Å². The van der Waals surface area contributed by atoms with Gasteiger partial charge in [0.1, 0.15) is 18.1 Å². The van der Waals surface area contributed by atoms with Crippen LogP contribution in [-0.4, -0.2) is 61.6 Å². The van der Waals surface area contributed by atoms with Gasteiger partial charge in [-0.15, -0.1) is 0 Å². The van der Waals surface area contributed by atoms with Crippen molar-refractivity contribution in [2.75, 3.05) is 32.3 Å². The molecule has 0 aromatic heterocycles. The Bertz CT molecular complexity index is 1140. The first-order chi connectivity index (χ1) is 16.4. The molecular weight excluding hydrogens is 436 g/mol. The van der Waals surface area contributed by atoms with Crippen LogP contribution in [0.1, 0.15) is 27.9 Å². The Morgan fingerprint density at radius 2 is 1.94 bits per heavy atom. The largest absolute Gasteiger partial charge is 0.497 e. The number of anilines is 1. The third kappa shape index (κ3) is 4.12. The van der Waals surface area contributed by atoms with Gasteiger partial charge in [0.25, 0.3) is 5.91 Å². The molecule has 2 amide bonds. The summed E-state index contributed by atoms with van der Waals surface area (Å²) in [6.45, 7) is 5.65. The quantitative estimate of drug-likeness (QED) is 0.678. The maximum atomic E-state index is 13.6. The number of hydrogen-bond acceptors (Lipinski definition) is 6. The van der Waals surface area contributed by atoms with Gasteiger partial charge in [-0.05, 0) is 54.3 Å². The molecular formula is C26H28N2O6. The fourth-order valence-corrected chi connectivity index (χ4v) is 4.44. The molecule has 0 spiro atoms. The summed E-state index contributed by atoms with van der Waals surface area (Å²) in [5.74, 6) is 0.967. The molecule has 8 nitrogen and oxygen atoms in total. The number of nitrogens with zero attached hydrogens (tertiary/aromatic N) is 2. The highest BCUT2D eigenvalue weighted by Gasteiger charge is 2.44. The second kappa shape index (κ2) is 9.61. The molecule has 2 aliphatic heterocycles. The number of aliphatic hydroxyl groups excluding tert-OH is 1. The first-order valence-corrected chi connectivity index (χ1v) is 11.0. The van der Waals surface area contributed by atoms with Gasteiger partial charge in [0.2, 0.25) is 0 Å². The van der Waals surface area contributed by atoms with Gasteiger partial charge in [-0.1, -0.05) is 30.9 Å². The van der Waals surface area contributed by atoms with E-state index >= 15 is 0 Å². The van der Waals surface area contributed by atoms with Gasteiger partial charge in [0, 0.05) is 6.54 Å². The number of fused-ring (bicyclic) bond motifs is 2. The standard InChI is InChI=1S/C26H28N2O6/c1-5-12-34-26(31)28-21-13-16(2)23(33-4)15-20(21)24(29)27-11-10-18(14-22(27)25(28)30)17-6-8-19(32-3)9-7-17/h5-10,13,15,22,25,30H,1,11-12,14H2,2-4H3/t22-,25?/m0/s1. The lowest BCUT2D eigenvalue weighted by Crippen LogP contribution is -2.54. The maximum Gasteiger partial charge on any atom is 0.416 e. The second-order valence-corrected chi connectivity index (χ2v) is 8.18. The highest BCUT2D eigenvalue weighted by Crippen LogP contribution is 2.39. The number of hydrogen-bond donors (Lipinski definition) is 1. The first-order valence-electron chi connectivity index (χ1n) is 11.0. The molecule has 1 unspecified atom stereocenters. The van der Waals surface area contributed by atoms with E-state index in [-0.39, 0.29) is 30.3 Å². The predicted octanol–water partition coefficient (Wildman–Crippen LogP) is 3.77. The number of aliphatic hydroxyl groups is 1. The second-order valence-electron chi connectivity index (χ2n) is 8.18. The van der Waals surface area contributed by atoms with Crippen molar-refractivity contribution in [3.8, 4) is 11.5 Å². The van der Waals surface area contributed by atoms with Crippen LogP contribution in [0.5, 0.6) is 11.5 Å². The van der Waals surface area contributed by atoms with E-state index in [4.69, 9.17) is 14.2 Å². The monoisotopic (exact) mass is 464 g/mol. The average molecular weight is 465 g/mol. The minimum atomic E-state index is -1.32. The zero-order chi connectivity index (χ0) is 24.4. The summed E-state index contributed by atoms with van der Waals surface area (Å²) in [5, 5.41) is 11.5. The Morgan fingerprint density at radius 3 is 2.59 bits per heavy atom. The van der Waals surface area contributed by atoms with Crippen LogP contribution in [-0.2, 0) is 4.74 Å². The van der Waals surface area contributed by atoms with Gasteiger partial charge < -0.3 is 24.2 Å². The van der Waals surface area contributed by atoms with Gasteiger partial charge in [-0.25, -0.2) is 9.69 Å². The van der Waals surface area contributed by atoms with E-state index < -0.39 is 18.4 Å². The Balaban J connectivity index is 1.78. The summed E-state index contributed by atoms with van der Waals surface area (Å²) < 4.78 is 15.9. The van der Waals surface area contributed by atoms with Crippen LogP contribution in [0.25, 0.3) is 5.57 Å². The SMILES string of the molecule is C=CCOC(=O)N1c2cc(C)c(OC)cc2C(=O)N2CC=C(c3ccc(OC)cc3)C[C@H]2C1O. The van der Waals surface area contributed by atoms with Crippen LogP contribution in [0.15, 0.2) is 55.1 Å². The third-order valence-electron chi connectivity index (χ3n) is 6.22. The van der Waals surface area contributed by atoms with Crippen LogP contribution in [0.2, 0.25) is 0 Å². The summed E-state index contributed by atoms with van der Waals surface area (Å²) in [4.78, 5) is 29.4. The van der Waals surface area contributed by atoms with Gasteiger partial charge in [0.05, 0.1) is 31.5 Å². The Morgan fingerprint density at radius 1 is 1.21 bits per heavy atom. The highest BCUT2D eigenvalue weighted by atomic mass is 16.6. The minimum Gasteiger partial charge on any atom is -0.497 e. The number of ether oxygens (including phenoxy) is 3. The topological polar surface area (TPSA) is 88.5 Å². The van der Waals surface area contributed by atoms with Crippen molar-refractivity contribution in [3.63, 3.8) is 0 Å². The Labute approximate surface area is 198 Å². The molecule has 0 fully saturated rings. The van der Waals surface area contributed by atoms with Gasteiger partial charge in [-0.3, -0.25) is 4.79 Å². The van der Waals surface area contributed by atoms with E-state index in [0.29, 0.717) is 12.2 Å². The van der Waals surface area contributed by atoms with Crippen LogP contribution in [0, 0.1) is 6.92 Å².